The molecule has 0 unspecified atom stereocenters. The van der Waals surface area contributed by atoms with Gasteiger partial charge in [0.25, 0.3) is 0 Å². The third-order valence-electron chi connectivity index (χ3n) is 4.36. The Balaban J connectivity index is 2.14. The van der Waals surface area contributed by atoms with Crippen LogP contribution in [-0.2, 0) is 0 Å². The Hall–Kier alpha value is -2.16. The number of aromatic carboxylic acids is 1. The average molecular weight is 398 g/mol. The first kappa shape index (κ1) is 16.7. The lowest BCUT2D eigenvalue weighted by Crippen LogP contribution is -2.58. The Kier molecular flexibility index (Phi) is 4.20. The van der Waals surface area contributed by atoms with Crippen molar-refractivity contribution in [1.82, 2.24) is 0 Å². The van der Waals surface area contributed by atoms with E-state index in [-0.39, 0.29) is 27.6 Å². The first-order chi connectivity index (χ1) is 11.3. The number of halogens is 2. The molecule has 0 atom stereocenters. The summed E-state index contributed by atoms with van der Waals surface area (Å²) in [7, 11) is 0. The van der Waals surface area contributed by atoms with Gasteiger partial charge in [0, 0.05) is 4.47 Å². The standard InChI is InChI=1S/C15H17BrFN5O2/c16-9-7-11(10(17)6-8(9)12(23)24)22-14(19)20-13(18)21-15(22)4-2-1-3-5-15/h6-7H,1-5H2,(H,23,24)(H4,18,19,20,21). The minimum absolute atomic E-state index is 0.0540. The van der Waals surface area contributed by atoms with E-state index in [2.05, 4.69) is 25.9 Å². The molecule has 1 saturated carbocycles. The monoisotopic (exact) mass is 397 g/mol. The van der Waals surface area contributed by atoms with Crippen LogP contribution in [0, 0.1) is 5.82 Å². The second-order valence-electron chi connectivity index (χ2n) is 5.91. The Labute approximate surface area is 146 Å². The molecule has 24 heavy (non-hydrogen) atoms. The number of aliphatic imine (C=N–C) groups is 2. The van der Waals surface area contributed by atoms with Crippen molar-refractivity contribution in [2.45, 2.75) is 37.8 Å². The number of carboxylic acids is 1. The molecule has 2 aliphatic rings. The molecule has 1 aliphatic heterocycles. The van der Waals surface area contributed by atoms with Crippen molar-refractivity contribution in [2.24, 2.45) is 21.5 Å². The van der Waals surface area contributed by atoms with Crippen LogP contribution in [0.1, 0.15) is 42.5 Å². The highest BCUT2D eigenvalue weighted by atomic mass is 79.9. The Morgan fingerprint density at radius 1 is 1.29 bits per heavy atom. The summed E-state index contributed by atoms with van der Waals surface area (Å²) in [6.07, 6.45) is 4.22. The van der Waals surface area contributed by atoms with Gasteiger partial charge in [0.1, 0.15) is 11.5 Å². The quantitative estimate of drug-likeness (QED) is 0.707. The Bertz CT molecular complexity index is 758. The number of hydrogen-bond donors (Lipinski definition) is 3. The minimum Gasteiger partial charge on any atom is -0.478 e. The molecule has 9 heteroatoms. The maximum Gasteiger partial charge on any atom is 0.336 e. The second-order valence-corrected chi connectivity index (χ2v) is 6.76. The van der Waals surface area contributed by atoms with Crippen molar-refractivity contribution in [2.75, 3.05) is 4.90 Å². The van der Waals surface area contributed by atoms with Gasteiger partial charge in [-0.15, -0.1) is 0 Å². The van der Waals surface area contributed by atoms with E-state index in [9.17, 15) is 9.18 Å². The average Bonchev–Trinajstić information content (AvgIpc) is 2.50. The number of anilines is 1. The van der Waals surface area contributed by atoms with E-state index < -0.39 is 17.4 Å². The van der Waals surface area contributed by atoms with E-state index in [0.717, 1.165) is 25.3 Å². The molecule has 5 N–H and O–H groups in total. The Morgan fingerprint density at radius 2 is 1.96 bits per heavy atom. The van der Waals surface area contributed by atoms with Crippen LogP contribution in [0.25, 0.3) is 0 Å². The molecule has 1 aliphatic carbocycles. The molecule has 7 nitrogen and oxygen atoms in total. The third kappa shape index (κ3) is 2.72. The van der Waals surface area contributed by atoms with Crippen LogP contribution in [0.5, 0.6) is 0 Å². The summed E-state index contributed by atoms with van der Waals surface area (Å²) in [6.45, 7) is 0. The van der Waals surface area contributed by atoms with Crippen molar-refractivity contribution < 1.29 is 14.3 Å². The number of rotatable bonds is 2. The zero-order chi connectivity index (χ0) is 17.5. The molecule has 0 bridgehead atoms. The van der Waals surface area contributed by atoms with Gasteiger partial charge in [-0.1, -0.05) is 6.42 Å². The maximum absolute atomic E-state index is 14.7. The van der Waals surface area contributed by atoms with Crippen LogP contribution in [-0.4, -0.2) is 28.7 Å². The summed E-state index contributed by atoms with van der Waals surface area (Å²) < 4.78 is 14.9. The van der Waals surface area contributed by atoms with Crippen LogP contribution in [0.2, 0.25) is 0 Å². The predicted octanol–water partition coefficient (Wildman–Crippen LogP) is 2.40. The van der Waals surface area contributed by atoms with Crippen molar-refractivity contribution in [1.29, 1.82) is 0 Å². The summed E-state index contributed by atoms with van der Waals surface area (Å²) in [4.78, 5) is 21.1. The van der Waals surface area contributed by atoms with Crippen LogP contribution in [0.3, 0.4) is 0 Å². The highest BCUT2D eigenvalue weighted by Gasteiger charge is 2.43. The number of carbonyl (C=O) groups is 1. The fraction of sp³-hybridized carbons (Fsp3) is 0.400. The van der Waals surface area contributed by atoms with Gasteiger partial charge < -0.3 is 16.6 Å². The maximum atomic E-state index is 14.7. The molecule has 0 saturated heterocycles. The fourth-order valence-electron chi connectivity index (χ4n) is 3.34. The molecule has 128 valence electrons. The Morgan fingerprint density at radius 3 is 2.58 bits per heavy atom. The molecule has 1 aromatic rings. The van der Waals surface area contributed by atoms with E-state index in [0.29, 0.717) is 12.8 Å². The van der Waals surface area contributed by atoms with Crippen molar-refractivity contribution in [3.8, 4) is 0 Å². The minimum atomic E-state index is -1.22. The topological polar surface area (TPSA) is 117 Å². The van der Waals surface area contributed by atoms with Crippen molar-refractivity contribution in [3.63, 3.8) is 0 Å². The SMILES string of the molecule is NC1=NC2(CCCCC2)N(c2cc(Br)c(C(=O)O)cc2F)C(N)=N1. The first-order valence-corrected chi connectivity index (χ1v) is 8.35. The summed E-state index contributed by atoms with van der Waals surface area (Å²) in [6, 6.07) is 2.36. The second kappa shape index (κ2) is 6.04. The van der Waals surface area contributed by atoms with Gasteiger partial charge in [-0.05, 0) is 53.7 Å². The summed E-state index contributed by atoms with van der Waals surface area (Å²) in [5, 5.41) is 9.12. The number of carboxylic acid groups (broad SMARTS) is 1. The molecule has 1 fully saturated rings. The summed E-state index contributed by atoms with van der Waals surface area (Å²) >= 11 is 3.18. The van der Waals surface area contributed by atoms with Gasteiger partial charge in [-0.2, -0.15) is 4.99 Å². The van der Waals surface area contributed by atoms with Crippen molar-refractivity contribution in [3.05, 3.63) is 28.0 Å². The van der Waals surface area contributed by atoms with Gasteiger partial charge in [0.2, 0.25) is 11.9 Å². The van der Waals surface area contributed by atoms with Gasteiger partial charge >= 0.3 is 5.97 Å². The van der Waals surface area contributed by atoms with E-state index in [1.807, 2.05) is 0 Å². The summed E-state index contributed by atoms with van der Waals surface area (Å²) in [5.41, 5.74) is 11.0. The number of nitrogens with two attached hydrogens (primary N) is 2. The van der Waals surface area contributed by atoms with Gasteiger partial charge in [-0.3, -0.25) is 4.90 Å². The number of guanidine groups is 2. The van der Waals surface area contributed by atoms with E-state index in [4.69, 9.17) is 16.6 Å². The summed E-state index contributed by atoms with van der Waals surface area (Å²) in [5.74, 6) is -1.79. The number of benzene rings is 1. The van der Waals surface area contributed by atoms with E-state index in [1.54, 1.807) is 0 Å². The van der Waals surface area contributed by atoms with Gasteiger partial charge in [0.15, 0.2) is 0 Å². The molecule has 0 aromatic heterocycles. The lowest BCUT2D eigenvalue weighted by atomic mass is 9.87. The zero-order valence-electron chi connectivity index (χ0n) is 12.8. The predicted molar refractivity (Wildman–Crippen MR) is 92.6 cm³/mol. The van der Waals surface area contributed by atoms with Crippen LogP contribution >= 0.6 is 15.9 Å². The molecule has 1 spiro atoms. The van der Waals surface area contributed by atoms with Crippen LogP contribution in [0.15, 0.2) is 26.6 Å². The highest BCUT2D eigenvalue weighted by molar-refractivity contribution is 9.10. The van der Waals surface area contributed by atoms with E-state index in [1.165, 1.54) is 11.0 Å². The molecule has 1 heterocycles. The van der Waals surface area contributed by atoms with Gasteiger partial charge in [0.05, 0.1) is 11.3 Å². The van der Waals surface area contributed by atoms with Crippen molar-refractivity contribution >= 4 is 39.5 Å². The van der Waals surface area contributed by atoms with Crippen LogP contribution in [0.4, 0.5) is 10.1 Å². The fourth-order valence-corrected chi connectivity index (χ4v) is 3.84. The van der Waals surface area contributed by atoms with Crippen LogP contribution < -0.4 is 16.4 Å². The molecular weight excluding hydrogens is 381 g/mol. The molecule has 1 aromatic carbocycles. The number of hydrogen-bond acceptors (Lipinski definition) is 6. The molecule has 3 rings (SSSR count). The highest BCUT2D eigenvalue weighted by Crippen LogP contribution is 2.41. The zero-order valence-corrected chi connectivity index (χ0v) is 14.4. The molecular formula is C15H17BrFN5O2. The lowest BCUT2D eigenvalue weighted by Gasteiger charge is -2.45. The van der Waals surface area contributed by atoms with E-state index >= 15 is 0 Å². The third-order valence-corrected chi connectivity index (χ3v) is 5.02. The molecule has 0 radical (unpaired) electrons. The lowest BCUT2D eigenvalue weighted by molar-refractivity contribution is 0.0695. The normalized spacial score (nSPS) is 19.8. The first-order valence-electron chi connectivity index (χ1n) is 7.56. The number of nitrogens with zero attached hydrogens (tertiary/aromatic N) is 3. The van der Waals surface area contributed by atoms with Gasteiger partial charge in [-0.25, -0.2) is 14.2 Å². The largest absolute Gasteiger partial charge is 0.478 e. The molecule has 0 amide bonds. The smallest absolute Gasteiger partial charge is 0.336 e.